The topological polar surface area (TPSA) is 59.1 Å². The van der Waals surface area contributed by atoms with Crippen LogP contribution in [0.1, 0.15) is 23.5 Å². The molecule has 1 aromatic heterocycles. The predicted molar refractivity (Wildman–Crippen MR) is 95.0 cm³/mol. The van der Waals surface area contributed by atoms with E-state index in [1.807, 2.05) is 24.3 Å². The molecule has 0 saturated heterocycles. The van der Waals surface area contributed by atoms with E-state index in [9.17, 15) is 12.8 Å². The number of nitrogens with one attached hydrogen (secondary N) is 1. The first-order chi connectivity index (χ1) is 12.0. The monoisotopic (exact) mass is 356 g/mol. The Morgan fingerprint density at radius 2 is 1.84 bits per heavy atom. The summed E-state index contributed by atoms with van der Waals surface area (Å²) >= 11 is 0. The second-order valence-corrected chi connectivity index (χ2v) is 8.12. The molecule has 1 N–H and O–H groups in total. The number of para-hydroxylation sites is 1. The second-order valence-electron chi connectivity index (χ2n) is 6.37. The number of benzene rings is 2. The summed E-state index contributed by atoms with van der Waals surface area (Å²) in [5.41, 5.74) is 2.35. The molecule has 1 aliphatic carbocycles. The van der Waals surface area contributed by atoms with Gasteiger partial charge in [-0.2, -0.15) is 0 Å². The molecule has 128 valence electrons. The number of hydrogen-bond acceptors (Lipinski definition) is 3. The van der Waals surface area contributed by atoms with Crippen LogP contribution in [-0.2, 0) is 15.8 Å². The molecule has 0 amide bonds. The van der Waals surface area contributed by atoms with Crippen LogP contribution in [0.5, 0.6) is 0 Å². The fourth-order valence-corrected chi connectivity index (χ4v) is 4.61. The first-order valence-electron chi connectivity index (χ1n) is 8.10. The lowest BCUT2D eigenvalue weighted by Crippen LogP contribution is -2.28. The maximum absolute atomic E-state index is 13.0. The van der Waals surface area contributed by atoms with Crippen LogP contribution in [0, 0.1) is 5.82 Å². The molecule has 0 aliphatic heterocycles. The van der Waals surface area contributed by atoms with E-state index in [4.69, 9.17) is 0 Å². The summed E-state index contributed by atoms with van der Waals surface area (Å²) in [6.45, 7) is 0. The molecule has 3 aromatic rings. The molecule has 4 rings (SSSR count). The van der Waals surface area contributed by atoms with Gasteiger partial charge >= 0.3 is 0 Å². The molecule has 0 bridgehead atoms. The van der Waals surface area contributed by atoms with Crippen molar-refractivity contribution in [1.82, 2.24) is 9.71 Å². The summed E-state index contributed by atoms with van der Waals surface area (Å²) in [5, 5.41) is 0.922. The fraction of sp³-hybridized carbons (Fsp3) is 0.211. The van der Waals surface area contributed by atoms with Gasteiger partial charge in [0, 0.05) is 23.5 Å². The zero-order valence-corrected chi connectivity index (χ0v) is 14.2. The normalized spacial score (nSPS) is 19.9. The SMILES string of the molecule is O=S(=O)(Cc1cccc2cccnc12)N[C@@H]1C[C@H]1c1ccc(F)cc1. The standard InChI is InChI=1S/C19H17FN2O2S/c20-16-8-6-13(7-9-16)17-11-18(17)22-25(23,24)12-15-4-1-3-14-5-2-10-21-19(14)15/h1-10,17-18,22H,11-12H2/t17-,18+/m0/s1. The number of sulfonamides is 1. The number of pyridine rings is 1. The smallest absolute Gasteiger partial charge is 0.216 e. The van der Waals surface area contributed by atoms with Gasteiger partial charge in [-0.1, -0.05) is 36.4 Å². The third kappa shape index (κ3) is 3.55. The average molecular weight is 356 g/mol. The van der Waals surface area contributed by atoms with Crippen molar-refractivity contribution < 1.29 is 12.8 Å². The van der Waals surface area contributed by atoms with Gasteiger partial charge in [0.25, 0.3) is 0 Å². The van der Waals surface area contributed by atoms with Gasteiger partial charge in [-0.05, 0) is 35.7 Å². The first-order valence-corrected chi connectivity index (χ1v) is 9.75. The van der Waals surface area contributed by atoms with Crippen molar-refractivity contribution in [3.8, 4) is 0 Å². The summed E-state index contributed by atoms with van der Waals surface area (Å²) in [6.07, 6.45) is 2.40. The number of fused-ring (bicyclic) bond motifs is 1. The van der Waals surface area contributed by atoms with Crippen molar-refractivity contribution in [1.29, 1.82) is 0 Å². The molecule has 6 heteroatoms. The lowest BCUT2D eigenvalue weighted by molar-refractivity contribution is 0.579. The summed E-state index contributed by atoms with van der Waals surface area (Å²) in [5.74, 6) is -0.278. The van der Waals surface area contributed by atoms with Crippen molar-refractivity contribution in [2.24, 2.45) is 0 Å². The van der Waals surface area contributed by atoms with Crippen LogP contribution in [-0.4, -0.2) is 19.4 Å². The highest BCUT2D eigenvalue weighted by Crippen LogP contribution is 2.41. The van der Waals surface area contributed by atoms with E-state index in [2.05, 4.69) is 9.71 Å². The number of aromatic nitrogens is 1. The average Bonchev–Trinajstić information content (AvgIpc) is 3.34. The second kappa shape index (κ2) is 6.20. The quantitative estimate of drug-likeness (QED) is 0.763. The van der Waals surface area contributed by atoms with Crippen LogP contribution >= 0.6 is 0 Å². The Hall–Kier alpha value is -2.31. The van der Waals surface area contributed by atoms with Gasteiger partial charge < -0.3 is 0 Å². The third-order valence-electron chi connectivity index (χ3n) is 4.48. The lowest BCUT2D eigenvalue weighted by Gasteiger charge is -2.09. The minimum atomic E-state index is -3.48. The van der Waals surface area contributed by atoms with Gasteiger partial charge in [0.05, 0.1) is 11.3 Å². The molecule has 1 aliphatic rings. The van der Waals surface area contributed by atoms with Crippen LogP contribution in [0.25, 0.3) is 10.9 Å². The van der Waals surface area contributed by atoms with E-state index in [0.717, 1.165) is 17.4 Å². The first kappa shape index (κ1) is 16.2. The van der Waals surface area contributed by atoms with E-state index in [1.165, 1.54) is 12.1 Å². The maximum Gasteiger partial charge on any atom is 0.216 e. The Balaban J connectivity index is 1.48. The largest absolute Gasteiger partial charge is 0.256 e. The van der Waals surface area contributed by atoms with Gasteiger partial charge in [-0.15, -0.1) is 0 Å². The van der Waals surface area contributed by atoms with Gasteiger partial charge in [0.2, 0.25) is 10.0 Å². The van der Waals surface area contributed by atoms with Crippen LogP contribution < -0.4 is 4.72 Å². The molecular weight excluding hydrogens is 339 g/mol. The summed E-state index contributed by atoms with van der Waals surface area (Å²) in [6, 6.07) is 15.4. The van der Waals surface area contributed by atoms with Crippen LogP contribution in [0.2, 0.25) is 0 Å². The molecule has 1 saturated carbocycles. The van der Waals surface area contributed by atoms with Crippen LogP contribution in [0.15, 0.2) is 60.8 Å². The number of hydrogen-bond donors (Lipinski definition) is 1. The summed E-state index contributed by atoms with van der Waals surface area (Å²) in [4.78, 5) is 4.30. The van der Waals surface area contributed by atoms with Crippen molar-refractivity contribution in [3.05, 3.63) is 77.7 Å². The Kier molecular flexibility index (Phi) is 4.01. The van der Waals surface area contributed by atoms with Crippen molar-refractivity contribution in [2.75, 3.05) is 0 Å². The highest BCUT2D eigenvalue weighted by molar-refractivity contribution is 7.88. The Morgan fingerprint density at radius 3 is 2.64 bits per heavy atom. The highest BCUT2D eigenvalue weighted by Gasteiger charge is 2.41. The molecule has 4 nitrogen and oxygen atoms in total. The molecule has 1 fully saturated rings. The lowest BCUT2D eigenvalue weighted by atomic mass is 10.1. The third-order valence-corrected chi connectivity index (χ3v) is 5.83. The zero-order valence-electron chi connectivity index (χ0n) is 13.4. The van der Waals surface area contributed by atoms with E-state index >= 15 is 0 Å². The molecule has 25 heavy (non-hydrogen) atoms. The number of rotatable bonds is 5. The van der Waals surface area contributed by atoms with Crippen molar-refractivity contribution >= 4 is 20.9 Å². The molecule has 0 radical (unpaired) electrons. The van der Waals surface area contributed by atoms with E-state index < -0.39 is 10.0 Å². The molecule has 1 heterocycles. The minimum Gasteiger partial charge on any atom is -0.256 e. The maximum atomic E-state index is 13.0. The van der Waals surface area contributed by atoms with Gasteiger partial charge in [-0.3, -0.25) is 4.98 Å². The molecule has 0 spiro atoms. The Labute approximate surface area is 145 Å². The van der Waals surface area contributed by atoms with E-state index in [-0.39, 0.29) is 23.5 Å². The van der Waals surface area contributed by atoms with Crippen molar-refractivity contribution in [2.45, 2.75) is 24.1 Å². The van der Waals surface area contributed by atoms with Gasteiger partial charge in [-0.25, -0.2) is 17.5 Å². The Bertz CT molecular complexity index is 1010. The van der Waals surface area contributed by atoms with Gasteiger partial charge in [0.1, 0.15) is 5.82 Å². The summed E-state index contributed by atoms with van der Waals surface area (Å²) in [7, 11) is -3.48. The van der Waals surface area contributed by atoms with Crippen LogP contribution in [0.3, 0.4) is 0 Å². The molecule has 2 aromatic carbocycles. The number of nitrogens with zero attached hydrogens (tertiary/aromatic N) is 1. The van der Waals surface area contributed by atoms with Gasteiger partial charge in [0.15, 0.2) is 0 Å². The predicted octanol–water partition coefficient (Wildman–Crippen LogP) is 3.35. The van der Waals surface area contributed by atoms with E-state index in [1.54, 1.807) is 24.4 Å². The highest BCUT2D eigenvalue weighted by atomic mass is 32.2. The fourth-order valence-electron chi connectivity index (χ4n) is 3.16. The molecule has 2 atom stereocenters. The minimum absolute atomic E-state index is 0.103. The van der Waals surface area contributed by atoms with Crippen LogP contribution in [0.4, 0.5) is 4.39 Å². The summed E-state index contributed by atoms with van der Waals surface area (Å²) < 4.78 is 40.8. The molecular formula is C19H17FN2O2S. The van der Waals surface area contributed by atoms with E-state index in [0.29, 0.717) is 11.1 Å². The number of halogens is 1. The zero-order chi connectivity index (χ0) is 17.4. The molecule has 0 unspecified atom stereocenters. The van der Waals surface area contributed by atoms with Crippen molar-refractivity contribution in [3.63, 3.8) is 0 Å². The Morgan fingerprint density at radius 1 is 1.08 bits per heavy atom.